The van der Waals surface area contributed by atoms with Crippen molar-refractivity contribution in [3.63, 3.8) is 0 Å². The van der Waals surface area contributed by atoms with Crippen LogP contribution in [0.3, 0.4) is 0 Å². The molecule has 2 heterocycles. The minimum atomic E-state index is -0.0718. The molecule has 1 aliphatic rings. The van der Waals surface area contributed by atoms with Crippen molar-refractivity contribution in [3.8, 4) is 11.6 Å². The molecule has 0 radical (unpaired) electrons. The molecule has 7 heteroatoms. The predicted molar refractivity (Wildman–Crippen MR) is 95.3 cm³/mol. The molecule has 1 aliphatic heterocycles. The average Bonchev–Trinajstić information content (AvgIpc) is 2.60. The lowest BCUT2D eigenvalue weighted by Crippen LogP contribution is -2.59. The summed E-state index contributed by atoms with van der Waals surface area (Å²) in [5.74, 6) is 1.35. The van der Waals surface area contributed by atoms with Crippen LogP contribution in [0, 0.1) is 0 Å². The fourth-order valence-electron chi connectivity index (χ4n) is 2.50. The molecule has 0 aliphatic carbocycles. The third kappa shape index (κ3) is 4.76. The zero-order valence-corrected chi connectivity index (χ0v) is 14.7. The van der Waals surface area contributed by atoms with Crippen molar-refractivity contribution in [1.82, 2.24) is 15.2 Å². The number of benzene rings is 1. The van der Waals surface area contributed by atoms with Gasteiger partial charge in [-0.1, -0.05) is 23.7 Å². The van der Waals surface area contributed by atoms with E-state index >= 15 is 0 Å². The first-order valence-corrected chi connectivity index (χ1v) is 8.46. The second-order valence-electron chi connectivity index (χ2n) is 5.79. The van der Waals surface area contributed by atoms with Gasteiger partial charge in [0, 0.05) is 18.8 Å². The maximum atomic E-state index is 12.1. The molecule has 25 heavy (non-hydrogen) atoms. The van der Waals surface area contributed by atoms with E-state index in [4.69, 9.17) is 21.1 Å². The topological polar surface area (TPSA) is 63.7 Å². The molecule has 1 saturated heterocycles. The predicted octanol–water partition coefficient (Wildman–Crippen LogP) is 2.76. The quantitative estimate of drug-likeness (QED) is 0.859. The van der Waals surface area contributed by atoms with Crippen LogP contribution in [0.4, 0.5) is 4.79 Å². The van der Waals surface area contributed by atoms with Gasteiger partial charge in [-0.05, 0) is 30.2 Å². The second-order valence-corrected chi connectivity index (χ2v) is 6.23. The van der Waals surface area contributed by atoms with Crippen molar-refractivity contribution >= 4 is 17.6 Å². The highest BCUT2D eigenvalue weighted by Crippen LogP contribution is 2.17. The van der Waals surface area contributed by atoms with Crippen molar-refractivity contribution in [2.45, 2.75) is 12.5 Å². The first-order valence-electron chi connectivity index (χ1n) is 8.08. The fourth-order valence-corrected chi connectivity index (χ4v) is 2.61. The number of carbonyl (C=O) groups excluding carboxylic acids is 1. The van der Waals surface area contributed by atoms with Gasteiger partial charge in [0.1, 0.15) is 11.9 Å². The summed E-state index contributed by atoms with van der Waals surface area (Å²) < 4.78 is 10.8. The van der Waals surface area contributed by atoms with E-state index in [1.165, 1.54) is 0 Å². The normalized spacial score (nSPS) is 13.9. The number of nitrogens with one attached hydrogen (secondary N) is 1. The Morgan fingerprint density at radius 2 is 2.04 bits per heavy atom. The monoisotopic (exact) mass is 361 g/mol. The highest BCUT2D eigenvalue weighted by molar-refractivity contribution is 6.30. The average molecular weight is 362 g/mol. The molecule has 0 saturated carbocycles. The van der Waals surface area contributed by atoms with Gasteiger partial charge in [0.15, 0.2) is 0 Å². The summed E-state index contributed by atoms with van der Waals surface area (Å²) in [6.45, 7) is 1.70. The number of nitrogens with zero attached hydrogens (tertiary/aromatic N) is 2. The van der Waals surface area contributed by atoms with Gasteiger partial charge in [-0.15, -0.1) is 0 Å². The van der Waals surface area contributed by atoms with Gasteiger partial charge in [0.25, 0.3) is 0 Å². The largest absolute Gasteiger partial charge is 0.497 e. The summed E-state index contributed by atoms with van der Waals surface area (Å²) >= 11 is 5.78. The van der Waals surface area contributed by atoms with E-state index in [2.05, 4.69) is 10.3 Å². The van der Waals surface area contributed by atoms with Gasteiger partial charge in [-0.3, -0.25) is 0 Å². The third-order valence-electron chi connectivity index (χ3n) is 3.97. The number of urea groups is 1. The molecular weight excluding hydrogens is 342 g/mol. The van der Waals surface area contributed by atoms with E-state index in [-0.39, 0.29) is 12.1 Å². The number of hydrogen-bond donors (Lipinski definition) is 1. The van der Waals surface area contributed by atoms with Crippen LogP contribution in [0.2, 0.25) is 5.02 Å². The molecule has 132 valence electrons. The molecule has 0 unspecified atom stereocenters. The van der Waals surface area contributed by atoms with Gasteiger partial charge in [-0.2, -0.15) is 0 Å². The first kappa shape index (κ1) is 17.4. The van der Waals surface area contributed by atoms with Crippen LogP contribution in [0.15, 0.2) is 42.6 Å². The van der Waals surface area contributed by atoms with E-state index in [1.807, 2.05) is 24.3 Å². The highest BCUT2D eigenvalue weighted by atomic mass is 35.5. The Labute approximate surface area is 151 Å². The van der Waals surface area contributed by atoms with Crippen molar-refractivity contribution in [1.29, 1.82) is 0 Å². The molecule has 1 aromatic carbocycles. The lowest BCUT2D eigenvalue weighted by Gasteiger charge is -2.38. The van der Waals surface area contributed by atoms with Gasteiger partial charge in [-0.25, -0.2) is 9.78 Å². The zero-order chi connectivity index (χ0) is 17.6. The SMILES string of the molecule is COc1ccc(CCNC(=O)N2CC(Oc3ccc(Cl)cn3)C2)cc1. The second kappa shape index (κ2) is 8.07. The minimum absolute atomic E-state index is 0.0268. The van der Waals surface area contributed by atoms with Crippen LogP contribution >= 0.6 is 11.6 Å². The van der Waals surface area contributed by atoms with Crippen LogP contribution in [-0.2, 0) is 6.42 Å². The molecule has 2 amide bonds. The number of pyridine rings is 1. The summed E-state index contributed by atoms with van der Waals surface area (Å²) in [5, 5.41) is 3.49. The van der Waals surface area contributed by atoms with E-state index in [0.717, 1.165) is 17.7 Å². The molecular formula is C18H20ClN3O3. The van der Waals surface area contributed by atoms with E-state index < -0.39 is 0 Å². The van der Waals surface area contributed by atoms with E-state index in [1.54, 1.807) is 30.3 Å². The number of rotatable bonds is 6. The third-order valence-corrected chi connectivity index (χ3v) is 4.20. The number of carbonyl (C=O) groups is 1. The zero-order valence-electron chi connectivity index (χ0n) is 13.9. The first-order chi connectivity index (χ1) is 12.1. The molecule has 3 rings (SSSR count). The number of aromatic nitrogens is 1. The Hall–Kier alpha value is -2.47. The van der Waals surface area contributed by atoms with Crippen molar-refractivity contribution in [2.24, 2.45) is 0 Å². The minimum Gasteiger partial charge on any atom is -0.497 e. The number of hydrogen-bond acceptors (Lipinski definition) is 4. The molecule has 2 aromatic rings. The molecule has 1 N–H and O–H groups in total. The Morgan fingerprint density at radius 3 is 2.68 bits per heavy atom. The van der Waals surface area contributed by atoms with Crippen LogP contribution < -0.4 is 14.8 Å². The fraction of sp³-hybridized carbons (Fsp3) is 0.333. The Kier molecular flexibility index (Phi) is 5.60. The number of ether oxygens (including phenoxy) is 2. The number of amides is 2. The molecule has 0 atom stereocenters. The van der Waals surface area contributed by atoms with Crippen molar-refractivity contribution in [3.05, 3.63) is 53.2 Å². The van der Waals surface area contributed by atoms with Gasteiger partial charge in [0.2, 0.25) is 5.88 Å². The van der Waals surface area contributed by atoms with Gasteiger partial charge < -0.3 is 19.7 Å². The van der Waals surface area contributed by atoms with E-state index in [9.17, 15) is 4.79 Å². The van der Waals surface area contributed by atoms with Crippen molar-refractivity contribution < 1.29 is 14.3 Å². The van der Waals surface area contributed by atoms with Crippen LogP contribution in [0.25, 0.3) is 0 Å². The number of halogens is 1. The molecule has 1 aromatic heterocycles. The molecule has 1 fully saturated rings. The Bertz CT molecular complexity index is 701. The molecule has 6 nitrogen and oxygen atoms in total. The molecule has 0 spiro atoms. The van der Waals surface area contributed by atoms with Crippen LogP contribution in [0.5, 0.6) is 11.6 Å². The maximum Gasteiger partial charge on any atom is 0.317 e. The van der Waals surface area contributed by atoms with E-state index in [0.29, 0.717) is 30.5 Å². The summed E-state index contributed by atoms with van der Waals surface area (Å²) in [4.78, 5) is 17.9. The number of methoxy groups -OCH3 is 1. The summed E-state index contributed by atoms with van der Waals surface area (Å²) in [6.07, 6.45) is 2.29. The van der Waals surface area contributed by atoms with Gasteiger partial charge in [0.05, 0.1) is 25.2 Å². The summed E-state index contributed by atoms with van der Waals surface area (Å²) in [7, 11) is 1.64. The maximum absolute atomic E-state index is 12.1. The lowest BCUT2D eigenvalue weighted by atomic mass is 10.1. The molecule has 0 bridgehead atoms. The summed E-state index contributed by atoms with van der Waals surface area (Å²) in [5.41, 5.74) is 1.15. The lowest BCUT2D eigenvalue weighted by molar-refractivity contribution is 0.0415. The highest BCUT2D eigenvalue weighted by Gasteiger charge is 2.32. The van der Waals surface area contributed by atoms with Crippen LogP contribution in [0.1, 0.15) is 5.56 Å². The Balaban J connectivity index is 1.35. The van der Waals surface area contributed by atoms with Crippen LogP contribution in [-0.4, -0.2) is 48.8 Å². The smallest absolute Gasteiger partial charge is 0.317 e. The van der Waals surface area contributed by atoms with Crippen molar-refractivity contribution in [2.75, 3.05) is 26.7 Å². The van der Waals surface area contributed by atoms with Gasteiger partial charge >= 0.3 is 6.03 Å². The number of likely N-dealkylation sites (tertiary alicyclic amines) is 1. The summed E-state index contributed by atoms with van der Waals surface area (Å²) in [6, 6.07) is 11.2. The standard InChI is InChI=1S/C18H20ClN3O3/c1-24-15-5-2-13(3-6-15)8-9-20-18(23)22-11-16(12-22)25-17-7-4-14(19)10-21-17/h2-7,10,16H,8-9,11-12H2,1H3,(H,20,23). The Morgan fingerprint density at radius 1 is 1.28 bits per heavy atom.